The molecule has 3 rings (SSSR count). The summed E-state index contributed by atoms with van der Waals surface area (Å²) >= 11 is 1.27. The van der Waals surface area contributed by atoms with E-state index in [0.717, 1.165) is 16.9 Å². The molecule has 1 N–H and O–H groups in total. The third-order valence-corrected chi connectivity index (χ3v) is 5.09. The summed E-state index contributed by atoms with van der Waals surface area (Å²) in [6.07, 6.45) is 0. The Bertz CT molecular complexity index is 971. The monoisotopic (exact) mass is 397 g/mol. The van der Waals surface area contributed by atoms with Crippen molar-refractivity contribution in [1.82, 2.24) is 20.2 Å². The van der Waals surface area contributed by atoms with Crippen LogP contribution in [0.2, 0.25) is 0 Å². The second-order valence-electron chi connectivity index (χ2n) is 6.67. The Morgan fingerprint density at radius 2 is 2.07 bits per heavy atom. The number of nitrogens with zero attached hydrogens (tertiary/aromatic N) is 4. The minimum atomic E-state index is -0.114. The molecule has 0 fully saturated rings. The standard InChI is InChI=1S/C20H23N5O2S/c1-13(2)15-6-5-7-16(11-15)21-19(26)12-28-20-22-23-24-25(20)17-10-14(3)8-9-18(17)27-4/h5-11,13H,12H2,1-4H3,(H,21,26). The summed E-state index contributed by atoms with van der Waals surface area (Å²) in [6, 6.07) is 13.6. The Hall–Kier alpha value is -2.87. The fourth-order valence-electron chi connectivity index (χ4n) is 2.69. The largest absolute Gasteiger partial charge is 0.494 e. The molecule has 0 unspecified atom stereocenters. The lowest BCUT2D eigenvalue weighted by atomic mass is 10.0. The van der Waals surface area contributed by atoms with Gasteiger partial charge in [-0.3, -0.25) is 4.79 Å². The second kappa shape index (κ2) is 8.88. The fourth-order valence-corrected chi connectivity index (χ4v) is 3.37. The molecule has 146 valence electrons. The summed E-state index contributed by atoms with van der Waals surface area (Å²) in [4.78, 5) is 12.4. The van der Waals surface area contributed by atoms with E-state index in [0.29, 0.717) is 16.8 Å². The number of nitrogens with one attached hydrogen (secondary N) is 1. The van der Waals surface area contributed by atoms with E-state index in [1.807, 2.05) is 43.3 Å². The average Bonchev–Trinajstić information content (AvgIpc) is 3.15. The zero-order chi connectivity index (χ0) is 20.1. The van der Waals surface area contributed by atoms with Crippen molar-refractivity contribution >= 4 is 23.4 Å². The number of carbonyl (C=O) groups is 1. The average molecular weight is 398 g/mol. The lowest BCUT2D eigenvalue weighted by Crippen LogP contribution is -2.15. The highest BCUT2D eigenvalue weighted by Gasteiger charge is 2.15. The van der Waals surface area contributed by atoms with E-state index >= 15 is 0 Å². The Kier molecular flexibility index (Phi) is 6.30. The molecule has 2 aromatic carbocycles. The number of methoxy groups -OCH3 is 1. The first kappa shape index (κ1) is 19.9. The molecule has 1 heterocycles. The number of aromatic nitrogens is 4. The van der Waals surface area contributed by atoms with Crippen LogP contribution in [0.4, 0.5) is 5.69 Å². The summed E-state index contributed by atoms with van der Waals surface area (Å²) in [5.41, 5.74) is 3.77. The van der Waals surface area contributed by atoms with Crippen LogP contribution < -0.4 is 10.1 Å². The molecule has 1 amide bonds. The van der Waals surface area contributed by atoms with E-state index in [1.54, 1.807) is 11.8 Å². The minimum absolute atomic E-state index is 0.114. The maximum atomic E-state index is 12.4. The summed E-state index contributed by atoms with van der Waals surface area (Å²) in [7, 11) is 1.60. The molecule has 3 aromatic rings. The van der Waals surface area contributed by atoms with Gasteiger partial charge in [-0.15, -0.1) is 5.10 Å². The maximum Gasteiger partial charge on any atom is 0.234 e. The highest BCUT2D eigenvalue weighted by molar-refractivity contribution is 7.99. The van der Waals surface area contributed by atoms with Crippen molar-refractivity contribution in [1.29, 1.82) is 0 Å². The summed E-state index contributed by atoms with van der Waals surface area (Å²) in [5.74, 6) is 1.15. The number of anilines is 1. The zero-order valence-electron chi connectivity index (χ0n) is 16.3. The van der Waals surface area contributed by atoms with Crippen LogP contribution in [0.1, 0.15) is 30.9 Å². The molecule has 1 aromatic heterocycles. The molecule has 0 radical (unpaired) electrons. The van der Waals surface area contributed by atoms with Crippen molar-refractivity contribution in [2.24, 2.45) is 0 Å². The van der Waals surface area contributed by atoms with Crippen LogP contribution in [0, 0.1) is 6.92 Å². The molecule has 0 saturated heterocycles. The number of rotatable bonds is 7. The van der Waals surface area contributed by atoms with Crippen LogP contribution in [0.3, 0.4) is 0 Å². The fraction of sp³-hybridized carbons (Fsp3) is 0.300. The lowest BCUT2D eigenvalue weighted by molar-refractivity contribution is -0.113. The number of amides is 1. The summed E-state index contributed by atoms with van der Waals surface area (Å²) in [5, 5.41) is 15.3. The van der Waals surface area contributed by atoms with Crippen LogP contribution >= 0.6 is 11.8 Å². The molecule has 28 heavy (non-hydrogen) atoms. The van der Waals surface area contributed by atoms with Gasteiger partial charge in [0.15, 0.2) is 0 Å². The van der Waals surface area contributed by atoms with Crippen molar-refractivity contribution in [3.05, 3.63) is 53.6 Å². The van der Waals surface area contributed by atoms with Crippen LogP contribution in [0.25, 0.3) is 5.69 Å². The normalized spacial score (nSPS) is 10.9. The van der Waals surface area contributed by atoms with Gasteiger partial charge >= 0.3 is 0 Å². The molecule has 0 atom stereocenters. The van der Waals surface area contributed by atoms with E-state index in [-0.39, 0.29) is 11.7 Å². The smallest absolute Gasteiger partial charge is 0.234 e. The van der Waals surface area contributed by atoms with E-state index in [2.05, 4.69) is 40.8 Å². The minimum Gasteiger partial charge on any atom is -0.494 e. The second-order valence-corrected chi connectivity index (χ2v) is 7.61. The van der Waals surface area contributed by atoms with Gasteiger partial charge in [0, 0.05) is 5.69 Å². The lowest BCUT2D eigenvalue weighted by Gasteiger charge is -2.11. The van der Waals surface area contributed by atoms with Crippen molar-refractivity contribution in [2.45, 2.75) is 31.8 Å². The Labute approximate surface area is 168 Å². The van der Waals surface area contributed by atoms with E-state index in [9.17, 15) is 4.79 Å². The number of aryl methyl sites for hydroxylation is 1. The van der Waals surface area contributed by atoms with Gasteiger partial charge in [0.1, 0.15) is 11.4 Å². The van der Waals surface area contributed by atoms with Gasteiger partial charge in [-0.1, -0.05) is 43.8 Å². The van der Waals surface area contributed by atoms with Crippen molar-refractivity contribution in [3.8, 4) is 11.4 Å². The predicted molar refractivity (Wildman–Crippen MR) is 110 cm³/mol. The molecule has 0 saturated carbocycles. The zero-order valence-corrected chi connectivity index (χ0v) is 17.2. The van der Waals surface area contributed by atoms with Gasteiger partial charge in [0.25, 0.3) is 0 Å². The van der Waals surface area contributed by atoms with Gasteiger partial charge < -0.3 is 10.1 Å². The first-order valence-corrected chi connectivity index (χ1v) is 9.92. The number of hydrogen-bond acceptors (Lipinski definition) is 6. The number of tetrazole rings is 1. The molecule has 0 aliphatic rings. The van der Waals surface area contributed by atoms with Gasteiger partial charge in [-0.25, -0.2) is 0 Å². The van der Waals surface area contributed by atoms with Crippen LogP contribution in [0.5, 0.6) is 5.75 Å². The van der Waals surface area contributed by atoms with Gasteiger partial charge in [-0.05, 0) is 58.7 Å². The molecular weight excluding hydrogens is 374 g/mol. The SMILES string of the molecule is COc1ccc(C)cc1-n1nnnc1SCC(=O)Nc1cccc(C(C)C)c1. The van der Waals surface area contributed by atoms with Crippen LogP contribution in [-0.4, -0.2) is 39.0 Å². The Balaban J connectivity index is 1.70. The van der Waals surface area contributed by atoms with Crippen LogP contribution in [0.15, 0.2) is 47.6 Å². The Morgan fingerprint density at radius 3 is 2.82 bits per heavy atom. The Morgan fingerprint density at radius 1 is 1.25 bits per heavy atom. The molecule has 0 spiro atoms. The highest BCUT2D eigenvalue weighted by Crippen LogP contribution is 2.27. The third kappa shape index (κ3) is 4.69. The first-order chi connectivity index (χ1) is 13.5. The quantitative estimate of drug-likeness (QED) is 0.610. The number of ether oxygens (including phenoxy) is 1. The van der Waals surface area contributed by atoms with Crippen LogP contribution in [-0.2, 0) is 4.79 Å². The van der Waals surface area contributed by atoms with E-state index < -0.39 is 0 Å². The summed E-state index contributed by atoms with van der Waals surface area (Å²) in [6.45, 7) is 6.23. The highest BCUT2D eigenvalue weighted by atomic mass is 32.2. The maximum absolute atomic E-state index is 12.4. The third-order valence-electron chi connectivity index (χ3n) is 4.17. The van der Waals surface area contributed by atoms with Crippen molar-refractivity contribution in [3.63, 3.8) is 0 Å². The number of thioether (sulfide) groups is 1. The number of benzene rings is 2. The van der Waals surface area contributed by atoms with E-state index in [4.69, 9.17) is 4.74 Å². The first-order valence-electron chi connectivity index (χ1n) is 8.94. The number of carbonyl (C=O) groups excluding carboxylic acids is 1. The molecule has 0 aliphatic heterocycles. The molecule has 0 bridgehead atoms. The van der Waals surface area contributed by atoms with Gasteiger partial charge in [0.2, 0.25) is 11.1 Å². The molecular formula is C20H23N5O2S. The number of hydrogen-bond donors (Lipinski definition) is 1. The van der Waals surface area contributed by atoms with E-state index in [1.165, 1.54) is 17.3 Å². The summed E-state index contributed by atoms with van der Waals surface area (Å²) < 4.78 is 7.00. The van der Waals surface area contributed by atoms with Gasteiger partial charge in [0.05, 0.1) is 12.9 Å². The molecule has 0 aliphatic carbocycles. The van der Waals surface area contributed by atoms with Crippen molar-refractivity contribution in [2.75, 3.05) is 18.2 Å². The molecule has 8 heteroatoms. The van der Waals surface area contributed by atoms with Gasteiger partial charge in [-0.2, -0.15) is 4.68 Å². The van der Waals surface area contributed by atoms with Crippen molar-refractivity contribution < 1.29 is 9.53 Å². The molecule has 7 nitrogen and oxygen atoms in total. The topological polar surface area (TPSA) is 81.9 Å². The predicted octanol–water partition coefficient (Wildman–Crippen LogP) is 3.83.